The lowest BCUT2D eigenvalue weighted by atomic mass is 10.6. The van der Waals surface area contributed by atoms with Crippen LogP contribution in [-0.4, -0.2) is 18.6 Å². The van der Waals surface area contributed by atoms with E-state index >= 15 is 0 Å². The molecule has 0 spiro atoms. The van der Waals surface area contributed by atoms with Crippen LogP contribution in [0.1, 0.15) is 0 Å². The van der Waals surface area contributed by atoms with Crippen molar-refractivity contribution in [3.05, 3.63) is 17.3 Å². The Labute approximate surface area is 67.2 Å². The molecule has 0 fully saturated rings. The molecular formula is C4H2ClFN2O2S. The Hall–Kier alpha value is -0.750. The molecule has 1 heterocycles. The van der Waals surface area contributed by atoms with Gasteiger partial charge in [-0.15, -0.1) is 10.2 Å². The zero-order valence-corrected chi connectivity index (χ0v) is 6.60. The molecule has 0 amide bonds. The third kappa shape index (κ3) is 2.09. The van der Waals surface area contributed by atoms with E-state index in [2.05, 4.69) is 10.2 Å². The summed E-state index contributed by atoms with van der Waals surface area (Å²) in [7, 11) is -4.75. The van der Waals surface area contributed by atoms with Crippen molar-refractivity contribution in [1.29, 1.82) is 0 Å². The molecule has 0 unspecified atom stereocenters. The van der Waals surface area contributed by atoms with Crippen LogP contribution in [0.4, 0.5) is 3.89 Å². The molecule has 1 aromatic rings. The van der Waals surface area contributed by atoms with Gasteiger partial charge in [-0.1, -0.05) is 15.5 Å². The second-order valence-corrected chi connectivity index (χ2v) is 3.31. The Bertz CT molecular complexity index is 349. The smallest absolute Gasteiger partial charge is 0.188 e. The van der Waals surface area contributed by atoms with Crippen LogP contribution in [0.25, 0.3) is 0 Å². The highest BCUT2D eigenvalue weighted by atomic mass is 35.5. The third-order valence-corrected chi connectivity index (χ3v) is 1.78. The number of halogens is 2. The molecule has 0 radical (unpaired) electrons. The normalized spacial score (nSPS) is 11.5. The Morgan fingerprint density at radius 1 is 1.36 bits per heavy atom. The minimum atomic E-state index is -4.75. The molecule has 0 aromatic carbocycles. The highest BCUT2D eigenvalue weighted by Gasteiger charge is 2.13. The van der Waals surface area contributed by atoms with Crippen molar-refractivity contribution in [1.82, 2.24) is 10.2 Å². The van der Waals surface area contributed by atoms with Crippen LogP contribution in [0.5, 0.6) is 0 Å². The number of aromatic nitrogens is 2. The van der Waals surface area contributed by atoms with Crippen LogP contribution in [0.2, 0.25) is 5.15 Å². The average Bonchev–Trinajstić information content (AvgIpc) is 1.86. The van der Waals surface area contributed by atoms with Crippen molar-refractivity contribution in [2.45, 2.75) is 5.03 Å². The van der Waals surface area contributed by atoms with Gasteiger partial charge in [0.05, 0.1) is 0 Å². The summed E-state index contributed by atoms with van der Waals surface area (Å²) in [6.07, 6.45) is 0. The molecule has 7 heteroatoms. The average molecular weight is 197 g/mol. The quantitative estimate of drug-likeness (QED) is 0.623. The lowest BCUT2D eigenvalue weighted by Crippen LogP contribution is -1.97. The maximum absolute atomic E-state index is 12.1. The minimum absolute atomic E-state index is 0.0115. The van der Waals surface area contributed by atoms with Crippen LogP contribution in [-0.2, 0) is 10.2 Å². The van der Waals surface area contributed by atoms with Crippen LogP contribution < -0.4 is 0 Å². The number of rotatable bonds is 1. The molecule has 60 valence electrons. The first-order chi connectivity index (χ1) is 5.00. The summed E-state index contributed by atoms with van der Waals surface area (Å²) in [6, 6.07) is 2.08. The molecule has 0 aliphatic carbocycles. The monoisotopic (exact) mass is 196 g/mol. The first-order valence-electron chi connectivity index (χ1n) is 2.44. The van der Waals surface area contributed by atoms with Crippen molar-refractivity contribution in [2.75, 3.05) is 0 Å². The fraction of sp³-hybridized carbons (Fsp3) is 0. The van der Waals surface area contributed by atoms with Crippen LogP contribution in [0.3, 0.4) is 0 Å². The highest BCUT2D eigenvalue weighted by molar-refractivity contribution is 7.86. The van der Waals surface area contributed by atoms with E-state index in [1.54, 1.807) is 0 Å². The SMILES string of the molecule is O=S(=O)(F)c1ccc(Cl)nn1. The van der Waals surface area contributed by atoms with Crippen molar-refractivity contribution >= 4 is 21.8 Å². The summed E-state index contributed by atoms with van der Waals surface area (Å²) in [4.78, 5) is 0. The molecule has 4 nitrogen and oxygen atoms in total. The zero-order chi connectivity index (χ0) is 8.48. The maximum atomic E-state index is 12.1. The summed E-state index contributed by atoms with van der Waals surface area (Å²) < 4.78 is 32.3. The predicted molar refractivity (Wildman–Crippen MR) is 35.3 cm³/mol. The predicted octanol–water partition coefficient (Wildman–Crippen LogP) is 0.788. The second kappa shape index (κ2) is 2.71. The highest BCUT2D eigenvalue weighted by Crippen LogP contribution is 2.09. The fourth-order valence-corrected chi connectivity index (χ4v) is 0.904. The molecule has 0 saturated carbocycles. The Morgan fingerprint density at radius 3 is 2.36 bits per heavy atom. The largest absolute Gasteiger partial charge is 0.351 e. The van der Waals surface area contributed by atoms with Gasteiger partial charge < -0.3 is 0 Å². The van der Waals surface area contributed by atoms with Crippen LogP contribution in [0, 0.1) is 0 Å². The van der Waals surface area contributed by atoms with Gasteiger partial charge in [0, 0.05) is 0 Å². The van der Waals surface area contributed by atoms with E-state index < -0.39 is 15.2 Å². The molecule has 0 aliphatic heterocycles. The molecule has 0 saturated heterocycles. The molecule has 0 atom stereocenters. The van der Waals surface area contributed by atoms with Crippen molar-refractivity contribution in [2.24, 2.45) is 0 Å². The van der Waals surface area contributed by atoms with E-state index in [9.17, 15) is 12.3 Å². The first-order valence-corrected chi connectivity index (χ1v) is 4.20. The van der Waals surface area contributed by atoms with Gasteiger partial charge in [-0.25, -0.2) is 0 Å². The van der Waals surface area contributed by atoms with Crippen LogP contribution >= 0.6 is 11.6 Å². The Morgan fingerprint density at radius 2 is 2.00 bits per heavy atom. The van der Waals surface area contributed by atoms with E-state index in [1.807, 2.05) is 0 Å². The van der Waals surface area contributed by atoms with Gasteiger partial charge >= 0.3 is 10.2 Å². The molecule has 0 aliphatic rings. The summed E-state index contributed by atoms with van der Waals surface area (Å²) >= 11 is 5.27. The van der Waals surface area contributed by atoms with Crippen molar-refractivity contribution in [3.8, 4) is 0 Å². The zero-order valence-electron chi connectivity index (χ0n) is 5.03. The lowest BCUT2D eigenvalue weighted by molar-refractivity contribution is 0.545. The Balaban J connectivity index is 3.20. The molecule has 1 rings (SSSR count). The van der Waals surface area contributed by atoms with Gasteiger partial charge in [0.15, 0.2) is 5.15 Å². The van der Waals surface area contributed by atoms with Gasteiger partial charge in [0.1, 0.15) is 0 Å². The van der Waals surface area contributed by atoms with E-state index in [1.165, 1.54) is 0 Å². The summed E-state index contributed by atoms with van der Waals surface area (Å²) in [5, 5.41) is 5.42. The molecule has 0 bridgehead atoms. The van der Waals surface area contributed by atoms with E-state index in [-0.39, 0.29) is 5.15 Å². The van der Waals surface area contributed by atoms with Gasteiger partial charge in [-0.2, -0.15) is 8.42 Å². The minimum Gasteiger partial charge on any atom is -0.188 e. The molecule has 11 heavy (non-hydrogen) atoms. The van der Waals surface area contributed by atoms with E-state index in [0.717, 1.165) is 12.1 Å². The molecule has 1 aromatic heterocycles. The standard InChI is InChI=1S/C4H2ClFN2O2S/c5-3-1-2-4(8-7-3)11(6,9)10/h1-2H. The van der Waals surface area contributed by atoms with Gasteiger partial charge in [0.25, 0.3) is 0 Å². The number of hydrogen-bond acceptors (Lipinski definition) is 4. The number of nitrogens with zero attached hydrogens (tertiary/aromatic N) is 2. The Kier molecular flexibility index (Phi) is 2.05. The third-order valence-electron chi connectivity index (χ3n) is 0.857. The maximum Gasteiger partial charge on any atom is 0.351 e. The van der Waals surface area contributed by atoms with Gasteiger partial charge in [-0.3, -0.25) is 0 Å². The summed E-state index contributed by atoms with van der Waals surface area (Å²) in [6.45, 7) is 0. The molecular weight excluding hydrogens is 195 g/mol. The lowest BCUT2D eigenvalue weighted by Gasteiger charge is -1.90. The summed E-state index contributed by atoms with van der Waals surface area (Å²) in [5.41, 5.74) is 0. The van der Waals surface area contributed by atoms with Gasteiger partial charge in [-0.05, 0) is 12.1 Å². The first kappa shape index (κ1) is 8.35. The molecule has 0 N–H and O–H groups in total. The van der Waals surface area contributed by atoms with E-state index in [4.69, 9.17) is 11.6 Å². The van der Waals surface area contributed by atoms with Crippen molar-refractivity contribution in [3.63, 3.8) is 0 Å². The number of hydrogen-bond donors (Lipinski definition) is 0. The van der Waals surface area contributed by atoms with Crippen molar-refractivity contribution < 1.29 is 12.3 Å². The van der Waals surface area contributed by atoms with E-state index in [0.29, 0.717) is 0 Å². The van der Waals surface area contributed by atoms with Crippen LogP contribution in [0.15, 0.2) is 17.2 Å². The van der Waals surface area contributed by atoms with Gasteiger partial charge in [0.2, 0.25) is 5.03 Å². The second-order valence-electron chi connectivity index (χ2n) is 1.63. The topological polar surface area (TPSA) is 59.9 Å². The summed E-state index contributed by atoms with van der Waals surface area (Å²) in [5.74, 6) is 0. The fourth-order valence-electron chi connectivity index (χ4n) is 0.434.